The van der Waals surface area contributed by atoms with Crippen LogP contribution in [0.4, 0.5) is 4.39 Å². The molecule has 4 aromatic rings. The number of hydrogen-bond acceptors (Lipinski definition) is 5. The van der Waals surface area contributed by atoms with Crippen molar-refractivity contribution in [1.82, 2.24) is 0 Å². The zero-order valence-electron chi connectivity index (χ0n) is 15.5. The molecule has 0 bridgehead atoms. The first-order chi connectivity index (χ1) is 14.1. The third-order valence-corrected chi connectivity index (χ3v) is 4.47. The van der Waals surface area contributed by atoms with Crippen LogP contribution >= 0.6 is 0 Å². The van der Waals surface area contributed by atoms with Crippen LogP contribution in [0.2, 0.25) is 0 Å². The smallest absolute Gasteiger partial charge is 0.205 e. The molecule has 0 fully saturated rings. The van der Waals surface area contributed by atoms with Crippen LogP contribution in [-0.4, -0.2) is 12.2 Å². The number of benzene rings is 3. The van der Waals surface area contributed by atoms with Gasteiger partial charge in [0.1, 0.15) is 29.3 Å². The fourth-order valence-electron chi connectivity index (χ4n) is 3.06. The molecule has 4 rings (SSSR count). The fourth-order valence-corrected chi connectivity index (χ4v) is 3.06. The van der Waals surface area contributed by atoms with Crippen LogP contribution in [-0.2, 0) is 6.61 Å². The lowest BCUT2D eigenvalue weighted by atomic mass is 10.1. The van der Waals surface area contributed by atoms with Gasteiger partial charge in [-0.2, -0.15) is 0 Å². The number of phenols is 1. The quantitative estimate of drug-likeness (QED) is 0.524. The Hall–Kier alpha value is -3.80. The van der Waals surface area contributed by atoms with E-state index in [1.54, 1.807) is 0 Å². The standard InChI is InChI=1S/C23H17FO5/c1-27-22-20(28-13-14-5-3-2-4-6-14)12-18(26)21-17(25)11-19(29-23(21)22)15-7-9-16(24)10-8-15/h2-12,26H,13H2,1H3. The van der Waals surface area contributed by atoms with Gasteiger partial charge in [-0.25, -0.2) is 4.39 Å². The average Bonchev–Trinajstić information content (AvgIpc) is 2.73. The van der Waals surface area contributed by atoms with Crippen LogP contribution in [0.3, 0.4) is 0 Å². The molecule has 0 aliphatic heterocycles. The molecule has 29 heavy (non-hydrogen) atoms. The molecule has 0 aliphatic rings. The summed E-state index contributed by atoms with van der Waals surface area (Å²) in [4.78, 5) is 12.6. The van der Waals surface area contributed by atoms with Gasteiger partial charge in [0, 0.05) is 17.7 Å². The highest BCUT2D eigenvalue weighted by Crippen LogP contribution is 2.41. The van der Waals surface area contributed by atoms with Crippen LogP contribution in [0.5, 0.6) is 17.2 Å². The zero-order chi connectivity index (χ0) is 20.4. The highest BCUT2D eigenvalue weighted by molar-refractivity contribution is 5.91. The Morgan fingerprint density at radius 1 is 1.03 bits per heavy atom. The second-order valence-corrected chi connectivity index (χ2v) is 6.39. The lowest BCUT2D eigenvalue weighted by molar-refractivity contribution is 0.282. The molecule has 0 amide bonds. The summed E-state index contributed by atoms with van der Waals surface area (Å²) >= 11 is 0. The molecule has 146 valence electrons. The Kier molecular flexibility index (Phi) is 4.91. The van der Waals surface area contributed by atoms with Gasteiger partial charge in [-0.1, -0.05) is 30.3 Å². The van der Waals surface area contributed by atoms with Crippen LogP contribution in [0.25, 0.3) is 22.3 Å². The third kappa shape index (κ3) is 3.65. The van der Waals surface area contributed by atoms with Gasteiger partial charge in [-0.3, -0.25) is 4.79 Å². The predicted molar refractivity (Wildman–Crippen MR) is 107 cm³/mol. The Morgan fingerprint density at radius 2 is 1.76 bits per heavy atom. The first-order valence-corrected chi connectivity index (χ1v) is 8.87. The molecule has 1 N–H and O–H groups in total. The minimum absolute atomic E-state index is 0.0141. The summed E-state index contributed by atoms with van der Waals surface area (Å²) in [5.41, 5.74) is 1.05. The predicted octanol–water partition coefficient (Wildman–Crippen LogP) is 4.89. The van der Waals surface area contributed by atoms with Crippen molar-refractivity contribution in [2.75, 3.05) is 7.11 Å². The summed E-state index contributed by atoms with van der Waals surface area (Å²) < 4.78 is 30.3. The Balaban J connectivity index is 1.83. The lowest BCUT2D eigenvalue weighted by Crippen LogP contribution is -2.04. The van der Waals surface area contributed by atoms with E-state index in [2.05, 4.69) is 0 Å². The minimum Gasteiger partial charge on any atom is -0.507 e. The normalized spacial score (nSPS) is 10.8. The number of aromatic hydroxyl groups is 1. The molecule has 0 saturated carbocycles. The number of halogens is 1. The van der Waals surface area contributed by atoms with Crippen LogP contribution in [0.15, 0.2) is 75.9 Å². The molecule has 0 unspecified atom stereocenters. The third-order valence-electron chi connectivity index (χ3n) is 4.47. The van der Waals surface area contributed by atoms with E-state index in [4.69, 9.17) is 13.9 Å². The fraction of sp³-hybridized carbons (Fsp3) is 0.0870. The van der Waals surface area contributed by atoms with E-state index in [-0.39, 0.29) is 40.6 Å². The summed E-state index contributed by atoms with van der Waals surface area (Å²) in [5, 5.41) is 10.4. The first kappa shape index (κ1) is 18.6. The van der Waals surface area contributed by atoms with Crippen molar-refractivity contribution in [1.29, 1.82) is 0 Å². The van der Waals surface area contributed by atoms with Gasteiger partial charge in [0.15, 0.2) is 16.8 Å². The zero-order valence-corrected chi connectivity index (χ0v) is 15.5. The lowest BCUT2D eigenvalue weighted by Gasteiger charge is -2.14. The molecule has 0 radical (unpaired) electrons. The molecule has 0 atom stereocenters. The van der Waals surface area contributed by atoms with E-state index in [0.717, 1.165) is 5.56 Å². The minimum atomic E-state index is -0.448. The molecular weight excluding hydrogens is 375 g/mol. The summed E-state index contributed by atoms with van der Waals surface area (Å²) in [5.74, 6) is -0.0251. The highest BCUT2D eigenvalue weighted by Gasteiger charge is 2.20. The van der Waals surface area contributed by atoms with Gasteiger partial charge in [0.05, 0.1) is 7.11 Å². The Labute approximate surface area is 165 Å². The summed E-state index contributed by atoms with van der Waals surface area (Å²) in [6.07, 6.45) is 0. The van der Waals surface area contributed by atoms with E-state index in [1.165, 1.54) is 43.5 Å². The largest absolute Gasteiger partial charge is 0.507 e. The van der Waals surface area contributed by atoms with Crippen LogP contribution in [0, 0.1) is 5.82 Å². The molecule has 1 heterocycles. The van der Waals surface area contributed by atoms with Gasteiger partial charge in [0.2, 0.25) is 5.75 Å². The molecule has 0 aliphatic carbocycles. The molecule has 6 heteroatoms. The van der Waals surface area contributed by atoms with Crippen molar-refractivity contribution in [3.63, 3.8) is 0 Å². The van der Waals surface area contributed by atoms with Crippen LogP contribution in [0.1, 0.15) is 5.56 Å². The number of hydrogen-bond donors (Lipinski definition) is 1. The van der Waals surface area contributed by atoms with E-state index >= 15 is 0 Å². The summed E-state index contributed by atoms with van der Waals surface area (Å²) in [7, 11) is 1.42. The van der Waals surface area contributed by atoms with Crippen LogP contribution < -0.4 is 14.9 Å². The number of fused-ring (bicyclic) bond motifs is 1. The molecule has 5 nitrogen and oxygen atoms in total. The maximum atomic E-state index is 13.2. The van der Waals surface area contributed by atoms with E-state index in [1.807, 2.05) is 30.3 Å². The second-order valence-electron chi connectivity index (χ2n) is 6.39. The second kappa shape index (κ2) is 7.67. The van der Waals surface area contributed by atoms with Gasteiger partial charge in [-0.05, 0) is 29.8 Å². The average molecular weight is 392 g/mol. The van der Waals surface area contributed by atoms with Crippen molar-refractivity contribution >= 4 is 11.0 Å². The topological polar surface area (TPSA) is 68.9 Å². The molecular formula is C23H17FO5. The van der Waals surface area contributed by atoms with Gasteiger partial charge in [-0.15, -0.1) is 0 Å². The molecule has 1 aromatic heterocycles. The van der Waals surface area contributed by atoms with Crippen molar-refractivity contribution in [3.8, 4) is 28.6 Å². The Morgan fingerprint density at radius 3 is 2.45 bits per heavy atom. The van der Waals surface area contributed by atoms with Crippen molar-refractivity contribution in [2.45, 2.75) is 6.61 Å². The molecule has 3 aromatic carbocycles. The number of phenolic OH excluding ortho intramolecular Hbond substituents is 1. The molecule has 0 saturated heterocycles. The summed E-state index contributed by atoms with van der Waals surface area (Å²) in [6.45, 7) is 0.240. The van der Waals surface area contributed by atoms with Crippen molar-refractivity contribution in [3.05, 3.63) is 88.3 Å². The first-order valence-electron chi connectivity index (χ1n) is 8.87. The number of methoxy groups -OCH3 is 1. The van der Waals surface area contributed by atoms with E-state index in [0.29, 0.717) is 5.56 Å². The number of rotatable bonds is 5. The Bertz CT molecular complexity index is 1210. The van der Waals surface area contributed by atoms with Gasteiger partial charge >= 0.3 is 0 Å². The number of ether oxygens (including phenoxy) is 2. The van der Waals surface area contributed by atoms with Crippen molar-refractivity contribution < 1.29 is 23.4 Å². The monoisotopic (exact) mass is 392 g/mol. The highest BCUT2D eigenvalue weighted by atomic mass is 19.1. The van der Waals surface area contributed by atoms with E-state index < -0.39 is 11.2 Å². The maximum absolute atomic E-state index is 13.2. The van der Waals surface area contributed by atoms with Crippen molar-refractivity contribution in [2.24, 2.45) is 0 Å². The molecule has 0 spiro atoms. The SMILES string of the molecule is COc1c(OCc2ccccc2)cc(O)c2c(=O)cc(-c3ccc(F)cc3)oc12. The summed E-state index contributed by atoms with van der Waals surface area (Å²) in [6, 6.07) is 17.6. The van der Waals surface area contributed by atoms with E-state index in [9.17, 15) is 14.3 Å². The maximum Gasteiger partial charge on any atom is 0.205 e. The van der Waals surface area contributed by atoms with Gasteiger partial charge < -0.3 is 19.0 Å². The van der Waals surface area contributed by atoms with Gasteiger partial charge in [0.25, 0.3) is 0 Å².